The summed E-state index contributed by atoms with van der Waals surface area (Å²) in [5.74, 6) is 0. The first kappa shape index (κ1) is 17.3. The molecule has 4 rings (SSSR count). The highest BCUT2D eigenvalue weighted by Crippen LogP contribution is 2.42. The molecule has 0 N–H and O–H groups in total. The minimum absolute atomic E-state index is 0.167. The normalized spacial score (nSPS) is 22.3. The van der Waals surface area contributed by atoms with Crippen molar-refractivity contribution in [1.29, 1.82) is 0 Å². The van der Waals surface area contributed by atoms with Gasteiger partial charge in [-0.3, -0.25) is 4.90 Å². The largest absolute Gasteiger partial charge is 0.444 e. The number of carbonyl (C=O) groups excluding carboxylic acids is 1. The quantitative estimate of drug-likeness (QED) is 0.654. The van der Waals surface area contributed by atoms with Crippen LogP contribution in [-0.2, 0) is 4.74 Å². The minimum Gasteiger partial charge on any atom is -0.444 e. The summed E-state index contributed by atoms with van der Waals surface area (Å²) in [4.78, 5) is 17.2. The van der Waals surface area contributed by atoms with Crippen molar-refractivity contribution in [3.63, 3.8) is 0 Å². The fourth-order valence-electron chi connectivity index (χ4n) is 3.88. The highest BCUT2D eigenvalue weighted by Gasteiger charge is 2.41. The fourth-order valence-corrected chi connectivity index (χ4v) is 4.93. The molecule has 26 heavy (non-hydrogen) atoms. The molecule has 2 atom stereocenters. The summed E-state index contributed by atoms with van der Waals surface area (Å²) in [6, 6.07) is 15.4. The van der Waals surface area contributed by atoms with E-state index in [0.29, 0.717) is 0 Å². The summed E-state index contributed by atoms with van der Waals surface area (Å²) in [5, 5.41) is 0. The van der Waals surface area contributed by atoms with Gasteiger partial charge in [0.1, 0.15) is 5.60 Å². The Bertz CT molecular complexity index is 831. The van der Waals surface area contributed by atoms with Gasteiger partial charge in [-0.25, -0.2) is 4.79 Å². The van der Waals surface area contributed by atoms with Crippen LogP contribution in [0.15, 0.2) is 48.5 Å². The molecule has 4 heteroatoms. The third-order valence-corrected chi connectivity index (χ3v) is 6.19. The Morgan fingerprint density at radius 3 is 2.50 bits per heavy atom. The molecule has 3 nitrogen and oxygen atoms in total. The molecule has 0 spiro atoms. The van der Waals surface area contributed by atoms with Crippen molar-refractivity contribution in [2.45, 2.75) is 57.7 Å². The molecule has 1 saturated heterocycles. The number of hydrogen-bond donors (Lipinski definition) is 0. The molecule has 1 amide bonds. The molecular formula is C22H25NO2S. The molecule has 0 saturated carbocycles. The average Bonchev–Trinajstić information content (AvgIpc) is 3.17. The Morgan fingerprint density at radius 1 is 1.08 bits per heavy atom. The van der Waals surface area contributed by atoms with Crippen LogP contribution < -0.4 is 0 Å². The van der Waals surface area contributed by atoms with E-state index in [4.69, 9.17) is 4.74 Å². The number of nitrogens with zero attached hydrogens (tertiary/aromatic N) is 1. The van der Waals surface area contributed by atoms with Gasteiger partial charge in [-0.2, -0.15) is 0 Å². The molecular weight excluding hydrogens is 342 g/mol. The summed E-state index contributed by atoms with van der Waals surface area (Å²) < 4.78 is 5.62. The Labute approximate surface area is 159 Å². The standard InChI is InChI=1S/C22H25NO2S/c1-22(2,3)25-21(24)23-17-9-10-18(23)14-16(13-17)20-12-11-19(26-20)15-7-5-4-6-8-15/h4-8,11-13,17-18H,9-10,14H2,1-3H3. The second-order valence-electron chi connectivity index (χ2n) is 8.11. The number of carbonyl (C=O) groups is 1. The average molecular weight is 368 g/mol. The minimum atomic E-state index is -0.446. The van der Waals surface area contributed by atoms with Crippen molar-refractivity contribution in [3.8, 4) is 10.4 Å². The number of ether oxygens (including phenoxy) is 1. The van der Waals surface area contributed by atoms with Crippen LogP contribution >= 0.6 is 11.3 Å². The Hall–Kier alpha value is -2.07. The van der Waals surface area contributed by atoms with E-state index in [1.165, 1.54) is 20.9 Å². The maximum Gasteiger partial charge on any atom is 0.411 e. The number of fused-ring (bicyclic) bond motifs is 2. The first-order valence-electron chi connectivity index (χ1n) is 9.28. The van der Waals surface area contributed by atoms with Crippen molar-refractivity contribution < 1.29 is 9.53 Å². The second-order valence-corrected chi connectivity index (χ2v) is 9.20. The van der Waals surface area contributed by atoms with E-state index in [1.807, 2.05) is 43.1 Å². The van der Waals surface area contributed by atoms with Crippen LogP contribution in [0.3, 0.4) is 0 Å². The van der Waals surface area contributed by atoms with E-state index in [0.717, 1.165) is 19.3 Å². The lowest BCUT2D eigenvalue weighted by Gasteiger charge is -2.35. The van der Waals surface area contributed by atoms with E-state index >= 15 is 0 Å². The maximum absolute atomic E-state index is 12.6. The number of hydrogen-bond acceptors (Lipinski definition) is 3. The van der Waals surface area contributed by atoms with Gasteiger partial charge in [-0.15, -0.1) is 11.3 Å². The van der Waals surface area contributed by atoms with Crippen LogP contribution in [0, 0.1) is 0 Å². The van der Waals surface area contributed by atoms with Gasteiger partial charge >= 0.3 is 6.09 Å². The number of thiophene rings is 1. The monoisotopic (exact) mass is 367 g/mol. The molecule has 1 fully saturated rings. The lowest BCUT2D eigenvalue weighted by molar-refractivity contribution is 0.0175. The smallest absolute Gasteiger partial charge is 0.411 e. The van der Waals surface area contributed by atoms with Crippen LogP contribution in [0.2, 0.25) is 0 Å². The molecule has 2 unspecified atom stereocenters. The van der Waals surface area contributed by atoms with Crippen molar-refractivity contribution >= 4 is 23.0 Å². The Kier molecular flexibility index (Phi) is 4.39. The number of benzene rings is 1. The first-order valence-corrected chi connectivity index (χ1v) is 10.1. The molecule has 2 aliphatic heterocycles. The third-order valence-electron chi connectivity index (χ3n) is 4.98. The topological polar surface area (TPSA) is 29.5 Å². The van der Waals surface area contributed by atoms with Crippen LogP contribution in [0.5, 0.6) is 0 Å². The lowest BCUT2D eigenvalue weighted by atomic mass is 10.0. The van der Waals surface area contributed by atoms with Gasteiger partial charge in [0, 0.05) is 15.8 Å². The molecule has 2 bridgehead atoms. The summed E-state index contributed by atoms with van der Waals surface area (Å²) in [6.07, 6.45) is 5.13. The third kappa shape index (κ3) is 3.43. The van der Waals surface area contributed by atoms with Crippen LogP contribution in [0.25, 0.3) is 16.0 Å². The van der Waals surface area contributed by atoms with Gasteiger partial charge in [0.25, 0.3) is 0 Å². The highest BCUT2D eigenvalue weighted by atomic mass is 32.1. The second kappa shape index (κ2) is 6.58. The van der Waals surface area contributed by atoms with E-state index in [1.54, 1.807) is 0 Å². The summed E-state index contributed by atoms with van der Waals surface area (Å²) in [6.45, 7) is 5.78. The predicted molar refractivity (Wildman–Crippen MR) is 107 cm³/mol. The van der Waals surface area contributed by atoms with E-state index in [2.05, 4.69) is 42.5 Å². The Balaban J connectivity index is 1.55. The summed E-state index contributed by atoms with van der Waals surface area (Å²) in [7, 11) is 0. The van der Waals surface area contributed by atoms with Gasteiger partial charge < -0.3 is 4.74 Å². The number of amides is 1. The molecule has 2 aliphatic rings. The fraction of sp³-hybridized carbons (Fsp3) is 0.409. The van der Waals surface area contributed by atoms with Crippen molar-refractivity contribution in [1.82, 2.24) is 4.90 Å². The summed E-state index contributed by atoms with van der Waals surface area (Å²) >= 11 is 1.84. The molecule has 3 heterocycles. The van der Waals surface area contributed by atoms with Crippen LogP contribution in [0.1, 0.15) is 44.9 Å². The van der Waals surface area contributed by atoms with Gasteiger partial charge in [0.2, 0.25) is 0 Å². The zero-order valence-corrected chi connectivity index (χ0v) is 16.4. The molecule has 1 aromatic heterocycles. The van der Waals surface area contributed by atoms with Gasteiger partial charge in [0.15, 0.2) is 0 Å². The van der Waals surface area contributed by atoms with Gasteiger partial charge in [-0.1, -0.05) is 36.4 Å². The first-order chi connectivity index (χ1) is 12.4. The molecule has 0 aliphatic carbocycles. The zero-order chi connectivity index (χ0) is 18.3. The zero-order valence-electron chi connectivity index (χ0n) is 15.6. The van der Waals surface area contributed by atoms with Crippen LogP contribution in [-0.4, -0.2) is 28.7 Å². The highest BCUT2D eigenvalue weighted by molar-refractivity contribution is 7.16. The lowest BCUT2D eigenvalue weighted by Crippen LogP contribution is -2.45. The van der Waals surface area contributed by atoms with E-state index < -0.39 is 5.60 Å². The van der Waals surface area contributed by atoms with Crippen LogP contribution in [0.4, 0.5) is 4.79 Å². The maximum atomic E-state index is 12.6. The predicted octanol–water partition coefficient (Wildman–Crippen LogP) is 5.97. The molecule has 0 radical (unpaired) electrons. The van der Waals surface area contributed by atoms with Crippen molar-refractivity contribution in [3.05, 3.63) is 53.4 Å². The van der Waals surface area contributed by atoms with Crippen molar-refractivity contribution in [2.24, 2.45) is 0 Å². The molecule has 136 valence electrons. The van der Waals surface area contributed by atoms with E-state index in [9.17, 15) is 4.79 Å². The summed E-state index contributed by atoms with van der Waals surface area (Å²) in [5.41, 5.74) is 2.20. The van der Waals surface area contributed by atoms with Gasteiger partial charge in [-0.05, 0) is 63.3 Å². The number of rotatable bonds is 2. The molecule has 1 aromatic carbocycles. The Morgan fingerprint density at radius 2 is 1.81 bits per heavy atom. The SMILES string of the molecule is CC(C)(C)OC(=O)N1C2C=C(c3ccc(-c4ccccc4)s3)CC1CC2. The van der Waals surface area contributed by atoms with E-state index in [-0.39, 0.29) is 18.2 Å². The van der Waals surface area contributed by atoms with Crippen molar-refractivity contribution in [2.75, 3.05) is 0 Å². The van der Waals surface area contributed by atoms with Gasteiger partial charge in [0.05, 0.1) is 6.04 Å². The molecule has 2 aromatic rings.